The minimum atomic E-state index is 0.432. The summed E-state index contributed by atoms with van der Waals surface area (Å²) in [5.41, 5.74) is 1.50. The van der Waals surface area contributed by atoms with Crippen molar-refractivity contribution in [3.63, 3.8) is 0 Å². The summed E-state index contributed by atoms with van der Waals surface area (Å²) in [6.07, 6.45) is 2.33. The van der Waals surface area contributed by atoms with Crippen molar-refractivity contribution in [3.05, 3.63) is 50.6 Å². The molecule has 0 radical (unpaired) electrons. The number of hydrogen-bond acceptors (Lipinski definition) is 3. The molecule has 0 saturated heterocycles. The van der Waals surface area contributed by atoms with Crippen LogP contribution in [0.4, 0.5) is 0 Å². The molecule has 0 saturated carbocycles. The third kappa shape index (κ3) is 2.98. The maximum Gasteiger partial charge on any atom is 0.0553 e. The van der Waals surface area contributed by atoms with Crippen LogP contribution in [-0.2, 0) is 6.42 Å². The molecular formula is C16H18BrNS2. The van der Waals surface area contributed by atoms with Gasteiger partial charge in [-0.2, -0.15) is 0 Å². The third-order valence-corrected chi connectivity index (χ3v) is 6.93. The van der Waals surface area contributed by atoms with Gasteiger partial charge in [0.15, 0.2) is 0 Å². The van der Waals surface area contributed by atoms with Crippen LogP contribution in [0.2, 0.25) is 0 Å². The third-order valence-electron chi connectivity index (χ3n) is 3.59. The fraction of sp³-hybridized carbons (Fsp3) is 0.375. The molecule has 0 aliphatic carbocycles. The minimum absolute atomic E-state index is 0.432. The number of hydrogen-bond donors (Lipinski definition) is 1. The van der Waals surface area contributed by atoms with Gasteiger partial charge in [0.05, 0.1) is 6.04 Å². The van der Waals surface area contributed by atoms with Gasteiger partial charge < -0.3 is 5.32 Å². The number of thioether (sulfide) groups is 1. The molecule has 3 rings (SSSR count). The van der Waals surface area contributed by atoms with Crippen LogP contribution >= 0.6 is 39.0 Å². The highest BCUT2D eigenvalue weighted by molar-refractivity contribution is 9.10. The van der Waals surface area contributed by atoms with E-state index < -0.39 is 0 Å². The van der Waals surface area contributed by atoms with E-state index >= 15 is 0 Å². The Morgan fingerprint density at radius 3 is 2.90 bits per heavy atom. The van der Waals surface area contributed by atoms with Crippen LogP contribution in [0.5, 0.6) is 0 Å². The van der Waals surface area contributed by atoms with Crippen LogP contribution in [0.25, 0.3) is 0 Å². The zero-order valence-corrected chi connectivity index (χ0v) is 14.7. The summed E-state index contributed by atoms with van der Waals surface area (Å²) in [7, 11) is 0. The van der Waals surface area contributed by atoms with E-state index in [4.69, 9.17) is 0 Å². The van der Waals surface area contributed by atoms with E-state index in [0.29, 0.717) is 11.3 Å². The lowest BCUT2D eigenvalue weighted by Gasteiger charge is -2.23. The van der Waals surface area contributed by atoms with Crippen LogP contribution in [0.3, 0.4) is 0 Å². The molecule has 2 unspecified atom stereocenters. The van der Waals surface area contributed by atoms with Crippen LogP contribution in [0.15, 0.2) is 45.1 Å². The van der Waals surface area contributed by atoms with Gasteiger partial charge in [-0.1, -0.05) is 25.1 Å². The Balaban J connectivity index is 1.83. The second-order valence-corrected chi connectivity index (χ2v) is 8.12. The highest BCUT2D eigenvalue weighted by atomic mass is 79.9. The molecule has 1 nitrogen and oxygen atoms in total. The molecule has 0 spiro atoms. The Hall–Kier alpha value is -0.290. The largest absolute Gasteiger partial charge is 0.308 e. The second kappa shape index (κ2) is 6.65. The average molecular weight is 368 g/mol. The highest BCUT2D eigenvalue weighted by Gasteiger charge is 2.31. The van der Waals surface area contributed by atoms with Crippen LogP contribution in [0.1, 0.15) is 29.8 Å². The molecule has 2 heterocycles. The zero-order chi connectivity index (χ0) is 13.9. The van der Waals surface area contributed by atoms with Gasteiger partial charge in [-0.25, -0.2) is 0 Å². The van der Waals surface area contributed by atoms with Gasteiger partial charge in [-0.3, -0.25) is 0 Å². The number of fused-ring (bicyclic) bond motifs is 1. The highest BCUT2D eigenvalue weighted by Crippen LogP contribution is 2.44. The van der Waals surface area contributed by atoms with Crippen molar-refractivity contribution in [1.82, 2.24) is 5.32 Å². The summed E-state index contributed by atoms with van der Waals surface area (Å²) in [6, 6.07) is 11.4. The Kier molecular flexibility index (Phi) is 4.87. The molecule has 0 fully saturated rings. The molecular weight excluding hydrogens is 350 g/mol. The number of halogens is 1. The molecule has 2 atom stereocenters. The summed E-state index contributed by atoms with van der Waals surface area (Å²) in [5, 5.41) is 6.51. The maximum absolute atomic E-state index is 3.75. The van der Waals surface area contributed by atoms with Gasteiger partial charge in [0.2, 0.25) is 0 Å². The zero-order valence-electron chi connectivity index (χ0n) is 11.4. The van der Waals surface area contributed by atoms with Crippen molar-refractivity contribution in [2.24, 2.45) is 0 Å². The van der Waals surface area contributed by atoms with Gasteiger partial charge >= 0.3 is 0 Å². The molecule has 1 aromatic heterocycles. The summed E-state index contributed by atoms with van der Waals surface area (Å²) >= 11 is 7.58. The molecule has 106 valence electrons. The molecule has 0 bridgehead atoms. The predicted molar refractivity (Wildman–Crippen MR) is 92.8 cm³/mol. The minimum Gasteiger partial charge on any atom is -0.308 e. The van der Waals surface area contributed by atoms with Crippen molar-refractivity contribution in [3.8, 4) is 0 Å². The summed E-state index contributed by atoms with van der Waals surface area (Å²) < 4.78 is 1.24. The molecule has 1 N–H and O–H groups in total. The van der Waals surface area contributed by atoms with Gasteiger partial charge in [0.1, 0.15) is 0 Å². The number of thiophene rings is 1. The quantitative estimate of drug-likeness (QED) is 0.772. The van der Waals surface area contributed by atoms with E-state index in [1.54, 1.807) is 0 Å². The second-order valence-electron chi connectivity index (χ2n) is 5.03. The summed E-state index contributed by atoms with van der Waals surface area (Å²) in [5.74, 6) is 0. The van der Waals surface area contributed by atoms with E-state index in [1.165, 1.54) is 26.2 Å². The summed E-state index contributed by atoms with van der Waals surface area (Å²) in [4.78, 5) is 2.89. The Bertz CT molecular complexity index is 556. The monoisotopic (exact) mass is 367 g/mol. The predicted octanol–water partition coefficient (Wildman–Crippen LogP) is 5.27. The Morgan fingerprint density at radius 2 is 2.20 bits per heavy atom. The van der Waals surface area contributed by atoms with Crippen molar-refractivity contribution in [2.75, 3.05) is 6.54 Å². The fourth-order valence-corrected chi connectivity index (χ4v) is 5.88. The lowest BCUT2D eigenvalue weighted by molar-refractivity contribution is 0.519. The van der Waals surface area contributed by atoms with Gasteiger partial charge in [-0.05, 0) is 58.4 Å². The van der Waals surface area contributed by atoms with Crippen LogP contribution in [-0.4, -0.2) is 11.8 Å². The smallest absolute Gasteiger partial charge is 0.0553 e. The first-order chi connectivity index (χ1) is 9.79. The average Bonchev–Trinajstić information content (AvgIpc) is 3.06. The lowest BCUT2D eigenvalue weighted by atomic mass is 10.0. The van der Waals surface area contributed by atoms with Crippen LogP contribution in [0, 0.1) is 0 Å². The molecule has 1 aliphatic rings. The molecule has 1 aromatic carbocycles. The lowest BCUT2D eigenvalue weighted by Crippen LogP contribution is -2.30. The SMILES string of the molecule is CCCNC(c1sccc1Br)C1Cc2ccccc2S1. The van der Waals surface area contributed by atoms with Crippen molar-refractivity contribution < 1.29 is 0 Å². The standard InChI is InChI=1S/C16H18BrNS2/c1-2-8-18-15(16-12(17)7-9-19-16)14-10-11-5-3-4-6-13(11)20-14/h3-7,9,14-15,18H,2,8,10H2,1H3. The van der Waals surface area contributed by atoms with Crippen molar-refractivity contribution >= 4 is 39.0 Å². The van der Waals surface area contributed by atoms with Gasteiger partial charge in [0.25, 0.3) is 0 Å². The molecule has 0 amide bonds. The number of rotatable bonds is 5. The number of nitrogens with one attached hydrogen (secondary N) is 1. The van der Waals surface area contributed by atoms with Crippen LogP contribution < -0.4 is 5.32 Å². The van der Waals surface area contributed by atoms with E-state index in [-0.39, 0.29) is 0 Å². The maximum atomic E-state index is 3.75. The first-order valence-corrected chi connectivity index (χ1v) is 9.55. The van der Waals surface area contributed by atoms with Crippen molar-refractivity contribution in [2.45, 2.75) is 36.0 Å². The normalized spacial score (nSPS) is 19.0. The number of benzene rings is 1. The first kappa shape index (κ1) is 14.6. The Morgan fingerprint density at radius 1 is 1.35 bits per heavy atom. The van der Waals surface area contributed by atoms with Gasteiger partial charge in [-0.15, -0.1) is 23.1 Å². The fourth-order valence-electron chi connectivity index (χ4n) is 2.61. The summed E-state index contributed by atoms with van der Waals surface area (Å²) in [6.45, 7) is 3.30. The van der Waals surface area contributed by atoms with E-state index in [1.807, 2.05) is 23.1 Å². The van der Waals surface area contributed by atoms with E-state index in [0.717, 1.165) is 13.0 Å². The molecule has 20 heavy (non-hydrogen) atoms. The molecule has 2 aromatic rings. The van der Waals surface area contributed by atoms with Gasteiger partial charge in [0, 0.05) is 19.5 Å². The topological polar surface area (TPSA) is 12.0 Å². The van der Waals surface area contributed by atoms with E-state index in [9.17, 15) is 0 Å². The first-order valence-electron chi connectivity index (χ1n) is 7.00. The van der Waals surface area contributed by atoms with Crippen molar-refractivity contribution in [1.29, 1.82) is 0 Å². The van der Waals surface area contributed by atoms with E-state index in [2.05, 4.69) is 63.9 Å². The molecule has 1 aliphatic heterocycles. The Labute approximate surface area is 137 Å². The molecule has 4 heteroatoms.